The monoisotopic (exact) mass is 384 g/mol. The molecule has 0 bridgehead atoms. The molecule has 3 heterocycles. The highest BCUT2D eigenvalue weighted by atomic mass is 16.5. The second kappa shape index (κ2) is 7.95. The number of likely N-dealkylation sites (tertiary alicyclic amines) is 1. The molecule has 28 heavy (non-hydrogen) atoms. The lowest BCUT2D eigenvalue weighted by Gasteiger charge is -2.35. The summed E-state index contributed by atoms with van der Waals surface area (Å²) in [5.41, 5.74) is 1.85. The fourth-order valence-electron chi connectivity index (χ4n) is 4.79. The Morgan fingerprint density at radius 3 is 2.64 bits per heavy atom. The van der Waals surface area contributed by atoms with Crippen LogP contribution in [0.1, 0.15) is 43.1 Å². The number of carbonyl (C=O) groups excluding carboxylic acids is 1. The number of carboxylic acid groups (broad SMARTS) is 1. The lowest BCUT2D eigenvalue weighted by Crippen LogP contribution is -2.43. The van der Waals surface area contributed by atoms with Crippen LogP contribution in [0.4, 0.5) is 0 Å². The molecule has 0 aliphatic carbocycles. The molecule has 0 saturated carbocycles. The van der Waals surface area contributed by atoms with Crippen LogP contribution in [-0.2, 0) is 16.1 Å². The van der Waals surface area contributed by atoms with E-state index in [2.05, 4.69) is 17.6 Å². The molecular formula is C22H28N2O4. The highest BCUT2D eigenvalue weighted by molar-refractivity contribution is 5.98. The molecule has 2 atom stereocenters. The fourth-order valence-corrected chi connectivity index (χ4v) is 4.79. The number of nitrogens with zero attached hydrogens (tertiary/aromatic N) is 2. The van der Waals surface area contributed by atoms with Crippen LogP contribution >= 0.6 is 0 Å². The van der Waals surface area contributed by atoms with E-state index in [1.807, 2.05) is 29.2 Å². The van der Waals surface area contributed by atoms with Crippen LogP contribution in [-0.4, -0.2) is 52.3 Å². The maximum atomic E-state index is 13.2. The van der Waals surface area contributed by atoms with Gasteiger partial charge < -0.3 is 19.3 Å². The maximum absolute atomic E-state index is 13.2. The largest absolute Gasteiger partial charge is 0.481 e. The van der Waals surface area contributed by atoms with E-state index in [9.17, 15) is 14.7 Å². The molecular weight excluding hydrogens is 356 g/mol. The predicted octanol–water partition coefficient (Wildman–Crippen LogP) is 3.39. The van der Waals surface area contributed by atoms with Crippen molar-refractivity contribution in [2.24, 2.45) is 11.8 Å². The molecule has 0 spiro atoms. The lowest BCUT2D eigenvalue weighted by atomic mass is 9.84. The van der Waals surface area contributed by atoms with Crippen molar-refractivity contribution in [2.75, 3.05) is 19.7 Å². The number of aromatic nitrogens is 1. The van der Waals surface area contributed by atoms with Crippen LogP contribution in [0.5, 0.6) is 0 Å². The average molecular weight is 384 g/mol. The van der Waals surface area contributed by atoms with Crippen molar-refractivity contribution in [1.29, 1.82) is 0 Å². The van der Waals surface area contributed by atoms with E-state index >= 15 is 0 Å². The Balaban J connectivity index is 1.48. The summed E-state index contributed by atoms with van der Waals surface area (Å²) in [5, 5.41) is 10.5. The highest BCUT2D eigenvalue weighted by Gasteiger charge is 2.41. The van der Waals surface area contributed by atoms with Crippen molar-refractivity contribution in [3.05, 3.63) is 36.0 Å². The molecule has 6 nitrogen and oxygen atoms in total. The Bertz CT molecular complexity index is 867. The summed E-state index contributed by atoms with van der Waals surface area (Å²) in [5.74, 6) is -0.871. The summed E-state index contributed by atoms with van der Waals surface area (Å²) < 4.78 is 7.88. The van der Waals surface area contributed by atoms with Gasteiger partial charge in [-0.2, -0.15) is 0 Å². The Hall–Kier alpha value is -2.34. The first kappa shape index (κ1) is 19.0. The average Bonchev–Trinajstić information content (AvgIpc) is 3.34. The van der Waals surface area contributed by atoms with Crippen molar-refractivity contribution >= 4 is 22.8 Å². The minimum absolute atomic E-state index is 0.0743. The molecule has 1 N–H and O–H groups in total. The lowest BCUT2D eigenvalue weighted by molar-refractivity contribution is -0.145. The topological polar surface area (TPSA) is 71.8 Å². The number of ether oxygens (including phenoxy) is 1. The number of para-hydroxylation sites is 1. The summed E-state index contributed by atoms with van der Waals surface area (Å²) in [7, 11) is 0. The van der Waals surface area contributed by atoms with Gasteiger partial charge in [0, 0.05) is 37.1 Å². The van der Waals surface area contributed by atoms with Crippen LogP contribution in [0.2, 0.25) is 0 Å². The number of fused-ring (bicyclic) bond motifs is 1. The number of aliphatic carboxylic acids is 1. The van der Waals surface area contributed by atoms with Gasteiger partial charge in [-0.15, -0.1) is 0 Å². The zero-order valence-electron chi connectivity index (χ0n) is 16.3. The second-order valence-corrected chi connectivity index (χ2v) is 7.94. The van der Waals surface area contributed by atoms with Gasteiger partial charge in [-0.3, -0.25) is 9.59 Å². The SMILES string of the molecule is CCCn1c(C(=O)N2CCC([C@@H]3OCCC3C(=O)O)CC2)cc2ccccc21. The molecule has 1 aromatic carbocycles. The third-order valence-electron chi connectivity index (χ3n) is 6.22. The van der Waals surface area contributed by atoms with Gasteiger partial charge in [-0.05, 0) is 43.7 Å². The molecule has 150 valence electrons. The van der Waals surface area contributed by atoms with Crippen LogP contribution < -0.4 is 0 Å². The second-order valence-electron chi connectivity index (χ2n) is 7.94. The van der Waals surface area contributed by atoms with Crippen molar-refractivity contribution in [1.82, 2.24) is 9.47 Å². The molecule has 2 saturated heterocycles. The number of carboxylic acids is 1. The minimum Gasteiger partial charge on any atom is -0.481 e. The van der Waals surface area contributed by atoms with Gasteiger partial charge in [0.15, 0.2) is 0 Å². The molecule has 1 amide bonds. The Kier molecular flexibility index (Phi) is 5.40. The van der Waals surface area contributed by atoms with Crippen LogP contribution in [0.3, 0.4) is 0 Å². The van der Waals surface area contributed by atoms with Crippen LogP contribution in [0.15, 0.2) is 30.3 Å². The van der Waals surface area contributed by atoms with E-state index in [1.54, 1.807) is 0 Å². The van der Waals surface area contributed by atoms with Gasteiger partial charge in [-0.25, -0.2) is 0 Å². The number of rotatable bonds is 5. The Morgan fingerprint density at radius 2 is 1.93 bits per heavy atom. The maximum Gasteiger partial charge on any atom is 0.309 e. The van der Waals surface area contributed by atoms with Crippen molar-refractivity contribution in [3.8, 4) is 0 Å². The highest BCUT2D eigenvalue weighted by Crippen LogP contribution is 2.34. The predicted molar refractivity (Wildman–Crippen MR) is 106 cm³/mol. The number of hydrogen-bond acceptors (Lipinski definition) is 3. The van der Waals surface area contributed by atoms with Crippen molar-refractivity contribution in [3.63, 3.8) is 0 Å². The third kappa shape index (κ3) is 3.41. The zero-order chi connectivity index (χ0) is 19.7. The number of aryl methyl sites for hydroxylation is 1. The molecule has 2 aliphatic rings. The molecule has 4 rings (SSSR count). The van der Waals surface area contributed by atoms with E-state index in [0.717, 1.165) is 42.4 Å². The first-order valence-corrected chi connectivity index (χ1v) is 10.3. The zero-order valence-corrected chi connectivity index (χ0v) is 16.3. The Morgan fingerprint density at radius 1 is 1.18 bits per heavy atom. The van der Waals surface area contributed by atoms with Gasteiger partial charge in [0.25, 0.3) is 5.91 Å². The molecule has 6 heteroatoms. The number of benzene rings is 1. The van der Waals surface area contributed by atoms with Gasteiger partial charge >= 0.3 is 5.97 Å². The molecule has 0 radical (unpaired) electrons. The quantitative estimate of drug-likeness (QED) is 0.858. The first-order chi connectivity index (χ1) is 13.6. The normalized spacial score (nSPS) is 23.4. The van der Waals surface area contributed by atoms with Gasteiger partial charge in [0.1, 0.15) is 5.69 Å². The fraction of sp³-hybridized carbons (Fsp3) is 0.545. The minimum atomic E-state index is -0.759. The van der Waals surface area contributed by atoms with E-state index in [1.165, 1.54) is 0 Å². The number of piperidine rings is 1. The van der Waals surface area contributed by atoms with Crippen LogP contribution in [0, 0.1) is 11.8 Å². The third-order valence-corrected chi connectivity index (χ3v) is 6.22. The molecule has 2 aliphatic heterocycles. The smallest absolute Gasteiger partial charge is 0.309 e. The number of carbonyl (C=O) groups is 2. The first-order valence-electron chi connectivity index (χ1n) is 10.3. The van der Waals surface area contributed by atoms with Gasteiger partial charge in [0.05, 0.1) is 12.0 Å². The van der Waals surface area contributed by atoms with E-state index in [0.29, 0.717) is 26.1 Å². The summed E-state index contributed by atoms with van der Waals surface area (Å²) in [6.45, 7) is 4.78. The van der Waals surface area contributed by atoms with Crippen molar-refractivity contribution < 1.29 is 19.4 Å². The van der Waals surface area contributed by atoms with E-state index in [4.69, 9.17) is 4.74 Å². The summed E-state index contributed by atoms with van der Waals surface area (Å²) in [4.78, 5) is 26.6. The van der Waals surface area contributed by atoms with E-state index < -0.39 is 11.9 Å². The standard InChI is InChI=1S/C22H28N2O4/c1-2-10-24-18-6-4-3-5-16(18)14-19(24)21(25)23-11-7-15(8-12-23)20-17(22(26)27)9-13-28-20/h3-6,14-15,17,20H,2,7-13H2,1H3,(H,26,27)/t17?,20-/m0/s1. The molecule has 2 fully saturated rings. The molecule has 1 aromatic heterocycles. The number of hydrogen-bond donors (Lipinski definition) is 1. The van der Waals surface area contributed by atoms with Gasteiger partial charge in [-0.1, -0.05) is 25.1 Å². The van der Waals surface area contributed by atoms with Crippen molar-refractivity contribution in [2.45, 2.75) is 45.3 Å². The van der Waals surface area contributed by atoms with Gasteiger partial charge in [0.2, 0.25) is 0 Å². The number of amides is 1. The molecule has 2 aromatic rings. The Labute approximate surface area is 165 Å². The molecule has 1 unspecified atom stereocenters. The summed E-state index contributed by atoms with van der Waals surface area (Å²) in [6.07, 6.45) is 2.95. The summed E-state index contributed by atoms with van der Waals surface area (Å²) >= 11 is 0. The van der Waals surface area contributed by atoms with E-state index in [-0.39, 0.29) is 17.9 Å². The van der Waals surface area contributed by atoms with Crippen LogP contribution in [0.25, 0.3) is 10.9 Å². The summed E-state index contributed by atoms with van der Waals surface area (Å²) in [6, 6.07) is 10.1.